The van der Waals surface area contributed by atoms with Crippen LogP contribution in [-0.2, 0) is 14.3 Å². The first kappa shape index (κ1) is 22.0. The molecule has 124 valence electrons. The summed E-state index contributed by atoms with van der Waals surface area (Å²) in [7, 11) is 0. The zero-order valence-corrected chi connectivity index (χ0v) is 13.7. The Morgan fingerprint density at radius 2 is 1.33 bits per heavy atom. The summed E-state index contributed by atoms with van der Waals surface area (Å²) in [4.78, 5) is 20.0. The largest absolute Gasteiger partial charge is 0.481 e. The third-order valence-corrected chi connectivity index (χ3v) is 2.95. The van der Waals surface area contributed by atoms with E-state index < -0.39 is 5.97 Å². The summed E-state index contributed by atoms with van der Waals surface area (Å²) in [6, 6.07) is 0. The topological polar surface area (TPSA) is 63.6 Å². The van der Waals surface area contributed by atoms with Gasteiger partial charge in [-0.1, -0.05) is 71.3 Å². The molecule has 4 nitrogen and oxygen atoms in total. The van der Waals surface area contributed by atoms with Gasteiger partial charge in [-0.3, -0.25) is 9.59 Å². The Kier molecular flexibility index (Phi) is 19.5. The minimum Gasteiger partial charge on any atom is -0.481 e. The van der Waals surface area contributed by atoms with Crippen LogP contribution in [0, 0.1) is 0 Å². The van der Waals surface area contributed by atoms with Crippen LogP contribution in [0.3, 0.4) is 0 Å². The highest BCUT2D eigenvalue weighted by atomic mass is 16.5. The molecule has 0 spiro atoms. The van der Waals surface area contributed by atoms with Crippen LogP contribution in [0.4, 0.5) is 0 Å². The van der Waals surface area contributed by atoms with Crippen molar-refractivity contribution in [1.29, 1.82) is 0 Å². The lowest BCUT2D eigenvalue weighted by Crippen LogP contribution is -1.98. The Morgan fingerprint density at radius 1 is 0.952 bits per heavy atom. The van der Waals surface area contributed by atoms with Gasteiger partial charge in [0.25, 0.3) is 5.97 Å². The van der Waals surface area contributed by atoms with Crippen LogP contribution >= 0.6 is 0 Å². The molecule has 0 aliphatic rings. The molecule has 0 aromatic heterocycles. The molecular weight excluding hydrogens is 268 g/mol. The van der Waals surface area contributed by atoms with Gasteiger partial charge in [-0.2, -0.15) is 0 Å². The van der Waals surface area contributed by atoms with Crippen molar-refractivity contribution in [3.63, 3.8) is 0 Å². The molecule has 0 aromatic carbocycles. The van der Waals surface area contributed by atoms with E-state index in [4.69, 9.17) is 9.90 Å². The summed E-state index contributed by atoms with van der Waals surface area (Å²) in [5.41, 5.74) is 0. The lowest BCUT2D eigenvalue weighted by atomic mass is 10.1. The average Bonchev–Trinajstić information content (AvgIpc) is 2.40. The molecule has 4 heteroatoms. The van der Waals surface area contributed by atoms with Crippen molar-refractivity contribution >= 4 is 11.9 Å². The van der Waals surface area contributed by atoms with Crippen molar-refractivity contribution < 1.29 is 19.4 Å². The van der Waals surface area contributed by atoms with Crippen molar-refractivity contribution in [2.75, 3.05) is 0 Å². The van der Waals surface area contributed by atoms with Gasteiger partial charge in [0.05, 0.1) is 6.26 Å². The Bertz CT molecular complexity index is 258. The van der Waals surface area contributed by atoms with Gasteiger partial charge in [-0.05, 0) is 6.42 Å². The first-order valence-corrected chi connectivity index (χ1v) is 8.04. The van der Waals surface area contributed by atoms with Gasteiger partial charge in [-0.25, -0.2) is 0 Å². The van der Waals surface area contributed by atoms with E-state index in [0.29, 0.717) is 6.42 Å². The number of carboxylic acids is 1. The molecule has 0 bridgehead atoms. The maximum Gasteiger partial charge on any atom is 0.310 e. The van der Waals surface area contributed by atoms with E-state index in [1.165, 1.54) is 57.6 Å². The summed E-state index contributed by atoms with van der Waals surface area (Å²) in [5.74, 6) is -0.987. The Hall–Kier alpha value is -1.32. The van der Waals surface area contributed by atoms with E-state index in [1.807, 2.05) is 0 Å². The zero-order chi connectivity index (χ0) is 16.3. The fourth-order valence-electron chi connectivity index (χ4n) is 1.91. The van der Waals surface area contributed by atoms with Gasteiger partial charge >= 0.3 is 5.97 Å². The number of carbonyl (C=O) groups excluding carboxylic acids is 1. The highest BCUT2D eigenvalue weighted by Gasteiger charge is 1.99. The number of esters is 1. The predicted octanol–water partition coefficient (Wildman–Crippen LogP) is 5.08. The van der Waals surface area contributed by atoms with E-state index in [1.54, 1.807) is 0 Å². The number of unbranched alkanes of at least 4 members (excludes halogenated alkanes) is 9. The number of carboxylic acid groups (broad SMARTS) is 1. The van der Waals surface area contributed by atoms with E-state index in [2.05, 4.69) is 18.2 Å². The van der Waals surface area contributed by atoms with Crippen molar-refractivity contribution in [1.82, 2.24) is 0 Å². The molecule has 0 saturated carbocycles. The molecule has 0 atom stereocenters. The number of hydrogen-bond acceptors (Lipinski definition) is 3. The van der Waals surface area contributed by atoms with Crippen molar-refractivity contribution in [3.8, 4) is 0 Å². The van der Waals surface area contributed by atoms with Crippen LogP contribution in [0.25, 0.3) is 0 Å². The van der Waals surface area contributed by atoms with Crippen molar-refractivity contribution in [2.24, 2.45) is 0 Å². The third kappa shape index (κ3) is 27.8. The standard InChI is InChI=1S/C15H28O2.C2H4O2/c1-3-5-6-7-8-9-10-11-12-13-14-15(16)17-4-2;1-2(3)4/h4H,2-3,5-14H2,1H3;1H3,(H,3,4). The smallest absolute Gasteiger partial charge is 0.310 e. The maximum absolute atomic E-state index is 11.0. The number of carbonyl (C=O) groups is 2. The summed E-state index contributed by atoms with van der Waals surface area (Å²) in [5, 5.41) is 7.42. The minimum absolute atomic E-state index is 0.153. The predicted molar refractivity (Wildman–Crippen MR) is 86.1 cm³/mol. The van der Waals surface area contributed by atoms with Crippen LogP contribution in [0.15, 0.2) is 12.8 Å². The lowest BCUT2D eigenvalue weighted by molar-refractivity contribution is -0.138. The van der Waals surface area contributed by atoms with Gasteiger partial charge in [0.2, 0.25) is 0 Å². The normalized spacial score (nSPS) is 9.43. The quantitative estimate of drug-likeness (QED) is 0.310. The third-order valence-electron chi connectivity index (χ3n) is 2.95. The fraction of sp³-hybridized carbons (Fsp3) is 0.765. The van der Waals surface area contributed by atoms with Crippen LogP contribution in [0.1, 0.15) is 84.5 Å². The van der Waals surface area contributed by atoms with Gasteiger partial charge in [0.1, 0.15) is 0 Å². The molecule has 0 fully saturated rings. The molecule has 0 heterocycles. The van der Waals surface area contributed by atoms with Crippen LogP contribution < -0.4 is 0 Å². The van der Waals surface area contributed by atoms with Gasteiger partial charge in [0.15, 0.2) is 0 Å². The molecule has 0 amide bonds. The number of rotatable bonds is 12. The Morgan fingerprint density at radius 3 is 1.71 bits per heavy atom. The van der Waals surface area contributed by atoms with E-state index in [9.17, 15) is 4.79 Å². The highest BCUT2D eigenvalue weighted by molar-refractivity contribution is 5.69. The summed E-state index contributed by atoms with van der Waals surface area (Å²) >= 11 is 0. The molecule has 0 aliphatic carbocycles. The monoisotopic (exact) mass is 300 g/mol. The Labute approximate surface area is 129 Å². The van der Waals surface area contributed by atoms with E-state index in [0.717, 1.165) is 19.8 Å². The summed E-state index contributed by atoms with van der Waals surface area (Å²) in [6.45, 7) is 6.69. The fourth-order valence-corrected chi connectivity index (χ4v) is 1.91. The zero-order valence-electron chi connectivity index (χ0n) is 13.7. The molecular formula is C17H32O4. The van der Waals surface area contributed by atoms with Crippen LogP contribution in [-0.4, -0.2) is 17.0 Å². The molecule has 1 N–H and O–H groups in total. The minimum atomic E-state index is -0.833. The van der Waals surface area contributed by atoms with Gasteiger partial charge in [0, 0.05) is 13.3 Å². The van der Waals surface area contributed by atoms with Gasteiger partial charge < -0.3 is 9.84 Å². The second-order valence-corrected chi connectivity index (χ2v) is 5.11. The first-order valence-electron chi connectivity index (χ1n) is 8.04. The van der Waals surface area contributed by atoms with Crippen LogP contribution in [0.2, 0.25) is 0 Å². The molecule has 0 radical (unpaired) electrons. The molecule has 0 rings (SSSR count). The summed E-state index contributed by atoms with van der Waals surface area (Å²) < 4.78 is 4.65. The maximum atomic E-state index is 11.0. The number of aliphatic carboxylic acids is 1. The van der Waals surface area contributed by atoms with E-state index in [-0.39, 0.29) is 5.97 Å². The van der Waals surface area contributed by atoms with E-state index >= 15 is 0 Å². The SMILES string of the molecule is C=COC(=O)CCCCCCCCCCCC.CC(=O)O. The number of hydrogen-bond donors (Lipinski definition) is 1. The summed E-state index contributed by atoms with van der Waals surface area (Å²) in [6.07, 6.45) is 14.6. The molecule has 0 saturated heterocycles. The Balaban J connectivity index is 0. The van der Waals surface area contributed by atoms with Gasteiger partial charge in [-0.15, -0.1) is 0 Å². The second-order valence-electron chi connectivity index (χ2n) is 5.11. The molecule has 0 aromatic rings. The van der Waals surface area contributed by atoms with Crippen molar-refractivity contribution in [2.45, 2.75) is 84.5 Å². The second kappa shape index (κ2) is 18.7. The van der Waals surface area contributed by atoms with Crippen molar-refractivity contribution in [3.05, 3.63) is 12.8 Å². The number of ether oxygens (including phenoxy) is 1. The average molecular weight is 300 g/mol. The van der Waals surface area contributed by atoms with Crippen LogP contribution in [0.5, 0.6) is 0 Å². The molecule has 0 unspecified atom stereocenters. The highest BCUT2D eigenvalue weighted by Crippen LogP contribution is 2.11. The molecule has 0 aliphatic heterocycles. The lowest BCUT2D eigenvalue weighted by Gasteiger charge is -2.02. The molecule has 21 heavy (non-hydrogen) atoms. The first-order chi connectivity index (χ1) is 10.0.